The molecular weight excluding hydrogens is 965 g/mol. The van der Waals surface area contributed by atoms with E-state index in [4.69, 9.17) is 33.7 Å². The summed E-state index contributed by atoms with van der Waals surface area (Å²) in [6.45, 7) is 7.45. The van der Waals surface area contributed by atoms with Gasteiger partial charge in [-0.2, -0.15) is 0 Å². The molecule has 77 heavy (non-hydrogen) atoms. The topological polar surface area (TPSA) is 129 Å². The smallest absolute Gasteiger partial charge is 0.239 e. The molecule has 11 nitrogen and oxygen atoms in total. The van der Waals surface area contributed by atoms with Gasteiger partial charge in [-0.05, 0) is 114 Å². The van der Waals surface area contributed by atoms with Gasteiger partial charge < -0.3 is 43.6 Å². The third-order valence-electron chi connectivity index (χ3n) is 16.1. The van der Waals surface area contributed by atoms with Crippen molar-refractivity contribution >= 4 is 11.6 Å². The number of ether oxygens (including phenoxy) is 5. The second-order valence-electron chi connectivity index (χ2n) is 21.3. The van der Waals surface area contributed by atoms with Gasteiger partial charge in [-0.25, -0.2) is 0 Å². The van der Waals surface area contributed by atoms with Crippen molar-refractivity contribution < 1.29 is 43.5 Å². The number of rotatable bonds is 30. The predicted molar refractivity (Wildman–Crippen MR) is 303 cm³/mol. The summed E-state index contributed by atoms with van der Waals surface area (Å²) in [4.78, 5) is 23.9. The van der Waals surface area contributed by atoms with Gasteiger partial charge in [0.1, 0.15) is 29.9 Å². The highest BCUT2D eigenvalue weighted by Crippen LogP contribution is 2.62. The van der Waals surface area contributed by atoms with Gasteiger partial charge in [0.15, 0.2) is 11.5 Å². The molecule has 5 aromatic carbocycles. The van der Waals surface area contributed by atoms with Gasteiger partial charge in [-0.15, -0.1) is 6.58 Å². The number of aliphatic hydroxyl groups excluding tert-OH is 2. The van der Waals surface area contributed by atoms with Crippen LogP contribution in [0.15, 0.2) is 151 Å². The second-order valence-corrected chi connectivity index (χ2v) is 21.3. The van der Waals surface area contributed by atoms with Gasteiger partial charge >= 0.3 is 0 Å². The largest absolute Gasteiger partial charge is 0.459 e. The third-order valence-corrected chi connectivity index (χ3v) is 16.1. The monoisotopic (exact) mass is 1040 g/mol. The zero-order valence-corrected chi connectivity index (χ0v) is 45.2. The molecule has 4 aliphatic rings. The van der Waals surface area contributed by atoms with Crippen molar-refractivity contribution in [1.82, 2.24) is 4.90 Å². The minimum atomic E-state index is -1.42. The van der Waals surface area contributed by atoms with Crippen molar-refractivity contribution in [2.75, 3.05) is 26.6 Å². The first-order valence-electron chi connectivity index (χ1n) is 28.7. The van der Waals surface area contributed by atoms with E-state index in [-0.39, 0.29) is 63.4 Å². The van der Waals surface area contributed by atoms with Crippen molar-refractivity contribution in [2.45, 2.75) is 147 Å². The van der Waals surface area contributed by atoms with Gasteiger partial charge in [-0.3, -0.25) is 4.79 Å². The van der Waals surface area contributed by atoms with Crippen LogP contribution in [0, 0.1) is 17.8 Å². The molecule has 0 aromatic heterocycles. The number of oxime groups is 1. The number of aliphatic hydroxyl groups is 2. The van der Waals surface area contributed by atoms with Crippen molar-refractivity contribution in [3.8, 4) is 39.9 Å². The van der Waals surface area contributed by atoms with E-state index in [1.165, 1.54) is 38.5 Å². The summed E-state index contributed by atoms with van der Waals surface area (Å²) >= 11 is 0. The molecule has 5 aromatic rings. The lowest BCUT2D eigenvalue weighted by Gasteiger charge is -2.60. The summed E-state index contributed by atoms with van der Waals surface area (Å²) in [5, 5.41) is 25.4. The summed E-state index contributed by atoms with van der Waals surface area (Å²) < 4.78 is 33.4. The molecule has 0 saturated heterocycles. The number of fused-ring (bicyclic) bond motifs is 3. The number of allylic oxidation sites excluding steroid dienone is 1. The first kappa shape index (κ1) is 55.4. The molecule has 2 aliphatic carbocycles. The van der Waals surface area contributed by atoms with Gasteiger partial charge in [0.05, 0.1) is 18.2 Å². The van der Waals surface area contributed by atoms with Crippen LogP contribution in [0.2, 0.25) is 0 Å². The minimum absolute atomic E-state index is 0.0133. The van der Waals surface area contributed by atoms with E-state index in [1.807, 2.05) is 95.9 Å². The van der Waals surface area contributed by atoms with Crippen LogP contribution >= 0.6 is 0 Å². The summed E-state index contributed by atoms with van der Waals surface area (Å²) in [5.74, 6) is 1.42. The number of carbonyl (C=O) groups is 1. The Balaban J connectivity index is 1.16. The fourth-order valence-corrected chi connectivity index (χ4v) is 12.3. The zero-order valence-electron chi connectivity index (χ0n) is 45.2. The van der Waals surface area contributed by atoms with E-state index in [2.05, 4.69) is 49.9 Å². The number of hydrogen-bond donors (Lipinski definition) is 2. The molecule has 1 fully saturated rings. The summed E-state index contributed by atoms with van der Waals surface area (Å²) in [5.41, 5.74) is 6.85. The maximum absolute atomic E-state index is 15.5. The van der Waals surface area contributed by atoms with Crippen molar-refractivity contribution in [3.63, 3.8) is 0 Å². The van der Waals surface area contributed by atoms with Crippen molar-refractivity contribution in [2.24, 2.45) is 22.9 Å². The van der Waals surface area contributed by atoms with Gasteiger partial charge in [-0.1, -0.05) is 167 Å². The Kier molecular flexibility index (Phi) is 20.0. The fraction of sp³-hybridized carbons (Fsp3) is 0.455. The van der Waals surface area contributed by atoms with Crippen LogP contribution in [-0.4, -0.2) is 65.2 Å². The predicted octanol–water partition coefficient (Wildman–Crippen LogP) is 14.7. The molecular formula is C66H80N2O9. The van der Waals surface area contributed by atoms with E-state index in [1.54, 1.807) is 6.08 Å². The molecule has 2 heterocycles. The standard InChI is InChI=1S/C66H80N2O9/c1-3-5-6-7-8-9-10-11-18-29-63(71)68(45-49-30-36-60-61(41-49)73-47-72-60)62-44-58(67-75-46-48-23-14-12-15-24-48)56-42-52(27-19-21-38-69)55(28-20-22-39-70)64-57-43-54(35-37-59(57)77-66(62,65(56)64)74-40-4-2)76-53-33-31-51(32-34-53)50-25-16-13-17-26-50/h4,12-17,23-26,30-37,41-43,52,55,62,64-65,69-70H,2-3,5-11,18-22,27-29,38-40,44-47H2,1H3. The van der Waals surface area contributed by atoms with E-state index in [9.17, 15) is 10.2 Å². The maximum atomic E-state index is 15.5. The molecule has 9 rings (SSSR count). The molecule has 11 heteroatoms. The number of hydrogen-bond acceptors (Lipinski definition) is 10. The van der Waals surface area contributed by atoms with Crippen molar-refractivity contribution in [3.05, 3.63) is 162 Å². The number of carbonyl (C=O) groups excluding carboxylic acids is 1. The maximum Gasteiger partial charge on any atom is 0.239 e. The average Bonchev–Trinajstić information content (AvgIpc) is 4.02. The molecule has 408 valence electrons. The first-order chi connectivity index (χ1) is 37.9. The summed E-state index contributed by atoms with van der Waals surface area (Å²) in [6, 6.07) is 39.9. The molecule has 2 aliphatic heterocycles. The van der Waals surface area contributed by atoms with Crippen LogP contribution in [0.5, 0.6) is 28.7 Å². The number of unbranched alkanes of at least 4 members (excludes halogenated alkanes) is 10. The lowest BCUT2D eigenvalue weighted by Crippen LogP contribution is -2.70. The van der Waals surface area contributed by atoms with Crippen LogP contribution in [0.3, 0.4) is 0 Å². The highest BCUT2D eigenvalue weighted by atomic mass is 16.7. The molecule has 2 N–H and O–H groups in total. The molecule has 0 spiro atoms. The van der Waals surface area contributed by atoms with Crippen LogP contribution in [0.4, 0.5) is 0 Å². The van der Waals surface area contributed by atoms with Gasteiger partial charge in [0, 0.05) is 44.1 Å². The fourth-order valence-electron chi connectivity index (χ4n) is 12.3. The number of nitrogens with zero attached hydrogens (tertiary/aromatic N) is 2. The van der Waals surface area contributed by atoms with Crippen LogP contribution < -0.4 is 18.9 Å². The number of amides is 1. The first-order valence-corrected chi connectivity index (χ1v) is 28.7. The quantitative estimate of drug-likeness (QED) is 0.0262. The highest BCUT2D eigenvalue weighted by Gasteiger charge is 2.65. The Morgan fingerprint density at radius 2 is 1.40 bits per heavy atom. The van der Waals surface area contributed by atoms with Gasteiger partial charge in [0.2, 0.25) is 18.5 Å². The zero-order chi connectivity index (χ0) is 53.2. The summed E-state index contributed by atoms with van der Waals surface area (Å²) in [7, 11) is 0. The highest BCUT2D eigenvalue weighted by molar-refractivity contribution is 6.03. The van der Waals surface area contributed by atoms with Crippen LogP contribution in [0.1, 0.15) is 139 Å². The van der Waals surface area contributed by atoms with E-state index < -0.39 is 17.7 Å². The second kappa shape index (κ2) is 27.8. The molecule has 6 unspecified atom stereocenters. The molecule has 1 saturated carbocycles. The normalized spacial score (nSPS) is 21.4. The molecule has 0 bridgehead atoms. The molecule has 0 radical (unpaired) electrons. The third kappa shape index (κ3) is 13.7. The number of benzene rings is 5. The van der Waals surface area contributed by atoms with Crippen LogP contribution in [0.25, 0.3) is 11.1 Å². The van der Waals surface area contributed by atoms with E-state index in [0.29, 0.717) is 54.4 Å². The SMILES string of the molecule is C=CCOC12Oc3ccc(Oc4ccc(-c5ccccc5)cc4)cc3C3C(CCCCO)C(CCCCO)C=C(C(=NOCc4ccccc4)CC1N(Cc1ccc4c(c1)OCO4)C(=O)CCCCCCCCCCC)C32. The minimum Gasteiger partial charge on any atom is -0.459 e. The Morgan fingerprint density at radius 3 is 2.14 bits per heavy atom. The molecule has 1 amide bonds. The van der Waals surface area contributed by atoms with Crippen LogP contribution in [-0.2, 0) is 27.5 Å². The summed E-state index contributed by atoms with van der Waals surface area (Å²) in [6.07, 6.45) is 19.7. The Labute approximate surface area is 456 Å². The van der Waals surface area contributed by atoms with Gasteiger partial charge in [0.25, 0.3) is 0 Å². The van der Waals surface area contributed by atoms with E-state index >= 15 is 4.79 Å². The Bertz CT molecular complexity index is 2730. The Morgan fingerprint density at radius 1 is 0.727 bits per heavy atom. The van der Waals surface area contributed by atoms with E-state index in [0.717, 1.165) is 84.0 Å². The average molecular weight is 1050 g/mol. The lowest BCUT2D eigenvalue weighted by molar-refractivity contribution is -0.258. The molecule has 6 atom stereocenters. The Hall–Kier alpha value is -6.40. The van der Waals surface area contributed by atoms with Crippen molar-refractivity contribution in [1.29, 1.82) is 0 Å². The lowest BCUT2D eigenvalue weighted by atomic mass is 9.55.